The molecule has 2 heterocycles. The van der Waals surface area contributed by atoms with Crippen LogP contribution in [0.15, 0.2) is 0 Å². The minimum Gasteiger partial charge on any atom is -0.392 e. The quantitative estimate of drug-likeness (QED) is 0.882. The Kier molecular flexibility index (Phi) is 3.99. The number of nitrogens with one attached hydrogen (secondary N) is 1. The van der Waals surface area contributed by atoms with Gasteiger partial charge >= 0.3 is 0 Å². The molecule has 0 aromatic carbocycles. The first-order valence-corrected chi connectivity index (χ1v) is 8.07. The number of hydrogen-bond donors (Lipinski definition) is 2. The molecule has 6 heteroatoms. The Hall–Kier alpha value is -1.40. The van der Waals surface area contributed by atoms with Crippen molar-refractivity contribution in [1.82, 2.24) is 15.1 Å². The molecule has 2 aliphatic rings. The first-order valence-electron chi connectivity index (χ1n) is 8.07. The number of carbonyl (C=O) groups is 1. The monoisotopic (exact) mass is 307 g/mol. The normalized spacial score (nSPS) is 27.0. The van der Waals surface area contributed by atoms with Gasteiger partial charge in [-0.05, 0) is 26.2 Å². The van der Waals surface area contributed by atoms with E-state index >= 15 is 0 Å². The minimum absolute atomic E-state index is 0.00826. The average molecular weight is 307 g/mol. The molecule has 122 valence electrons. The molecule has 1 spiro atoms. The van der Waals surface area contributed by atoms with Crippen LogP contribution in [-0.4, -0.2) is 58.5 Å². The topological polar surface area (TPSA) is 78.5 Å². The molecule has 0 unspecified atom stereocenters. The lowest BCUT2D eigenvalue weighted by Gasteiger charge is -2.56. The number of rotatable bonds is 3. The third-order valence-corrected chi connectivity index (χ3v) is 5.67. The van der Waals surface area contributed by atoms with Gasteiger partial charge in [-0.25, -0.2) is 0 Å². The fourth-order valence-corrected chi connectivity index (χ4v) is 3.97. The van der Waals surface area contributed by atoms with Gasteiger partial charge in [0.1, 0.15) is 0 Å². The van der Waals surface area contributed by atoms with Gasteiger partial charge in [-0.3, -0.25) is 9.89 Å². The van der Waals surface area contributed by atoms with E-state index in [1.165, 1.54) is 0 Å². The van der Waals surface area contributed by atoms with Crippen LogP contribution in [0.25, 0.3) is 0 Å². The molecule has 1 saturated heterocycles. The lowest BCUT2D eigenvalue weighted by Crippen LogP contribution is -2.62. The van der Waals surface area contributed by atoms with E-state index in [0.717, 1.165) is 30.5 Å². The Balaban J connectivity index is 1.68. The summed E-state index contributed by atoms with van der Waals surface area (Å²) in [6.07, 6.45) is 2.97. The van der Waals surface area contributed by atoms with Crippen molar-refractivity contribution in [3.8, 4) is 0 Å². The van der Waals surface area contributed by atoms with Crippen molar-refractivity contribution in [3.05, 3.63) is 17.0 Å². The summed E-state index contributed by atoms with van der Waals surface area (Å²) in [7, 11) is 1.70. The molecule has 1 aromatic heterocycles. The molecule has 1 saturated carbocycles. The molecule has 0 radical (unpaired) electrons. The fourth-order valence-electron chi connectivity index (χ4n) is 3.97. The summed E-state index contributed by atoms with van der Waals surface area (Å²) in [6, 6.07) is 0. The molecule has 1 aliphatic heterocycles. The second kappa shape index (κ2) is 5.66. The number of aromatic nitrogens is 2. The maximum atomic E-state index is 12.6. The Labute approximate surface area is 130 Å². The minimum atomic E-state index is -0.298. The van der Waals surface area contributed by atoms with Crippen LogP contribution in [0.5, 0.6) is 0 Å². The lowest BCUT2D eigenvalue weighted by molar-refractivity contribution is -0.199. The van der Waals surface area contributed by atoms with Crippen LogP contribution < -0.4 is 0 Å². The van der Waals surface area contributed by atoms with Crippen LogP contribution in [0.4, 0.5) is 0 Å². The summed E-state index contributed by atoms with van der Waals surface area (Å²) >= 11 is 0. The molecule has 1 aliphatic carbocycles. The van der Waals surface area contributed by atoms with Crippen molar-refractivity contribution < 1.29 is 14.6 Å². The molecule has 22 heavy (non-hydrogen) atoms. The molecule has 1 aromatic rings. The maximum absolute atomic E-state index is 12.6. The average Bonchev–Trinajstić information content (AvgIpc) is 2.92. The zero-order valence-corrected chi connectivity index (χ0v) is 13.6. The largest absolute Gasteiger partial charge is 0.392 e. The standard InChI is InChI=1S/C16H25N3O3/c1-4-11-10(2)14(18-17-11)15(21)19-7-5-16(6-8-19)12(20)9-13(16)22-3/h12-13,20H,4-9H2,1-3H3,(H,17,18)/t12-,13+/m1/s1. The predicted octanol–water partition coefficient (Wildman–Crippen LogP) is 1.28. The summed E-state index contributed by atoms with van der Waals surface area (Å²) in [5.74, 6) is -0.00826. The molecule has 1 amide bonds. The van der Waals surface area contributed by atoms with E-state index < -0.39 is 0 Å². The molecular formula is C16H25N3O3. The van der Waals surface area contributed by atoms with Gasteiger partial charge in [0.05, 0.1) is 12.2 Å². The molecule has 2 fully saturated rings. The second-order valence-corrected chi connectivity index (χ2v) is 6.53. The Morgan fingerprint density at radius 2 is 2.18 bits per heavy atom. The van der Waals surface area contributed by atoms with Crippen molar-refractivity contribution in [3.63, 3.8) is 0 Å². The van der Waals surface area contributed by atoms with Gasteiger partial charge in [0.2, 0.25) is 0 Å². The SMILES string of the molecule is CCc1[nH]nc(C(=O)N2CCC3(CC2)[C@H](O)C[C@@H]3OC)c1C. The Morgan fingerprint density at radius 1 is 1.50 bits per heavy atom. The summed E-state index contributed by atoms with van der Waals surface area (Å²) in [6.45, 7) is 5.30. The number of piperidine rings is 1. The van der Waals surface area contributed by atoms with E-state index in [1.807, 2.05) is 18.7 Å². The van der Waals surface area contributed by atoms with Crippen LogP contribution in [0.3, 0.4) is 0 Å². The van der Waals surface area contributed by atoms with Gasteiger partial charge in [-0.1, -0.05) is 6.92 Å². The number of nitrogens with zero attached hydrogens (tertiary/aromatic N) is 2. The zero-order valence-electron chi connectivity index (χ0n) is 13.6. The number of methoxy groups -OCH3 is 1. The van der Waals surface area contributed by atoms with E-state index in [-0.39, 0.29) is 23.5 Å². The van der Waals surface area contributed by atoms with Gasteiger partial charge in [0.25, 0.3) is 5.91 Å². The van der Waals surface area contributed by atoms with E-state index in [9.17, 15) is 9.90 Å². The Morgan fingerprint density at radius 3 is 2.68 bits per heavy atom. The number of amides is 1. The van der Waals surface area contributed by atoms with E-state index in [0.29, 0.717) is 25.2 Å². The number of ether oxygens (including phenoxy) is 1. The van der Waals surface area contributed by atoms with Gasteiger partial charge in [-0.15, -0.1) is 0 Å². The number of likely N-dealkylation sites (tertiary alicyclic amines) is 1. The molecular weight excluding hydrogens is 282 g/mol. The van der Waals surface area contributed by atoms with Gasteiger partial charge in [0.15, 0.2) is 5.69 Å². The molecule has 3 rings (SSSR count). The maximum Gasteiger partial charge on any atom is 0.274 e. The summed E-state index contributed by atoms with van der Waals surface area (Å²) in [4.78, 5) is 14.5. The summed E-state index contributed by atoms with van der Waals surface area (Å²) in [5.41, 5.74) is 2.35. The molecule has 0 bridgehead atoms. The van der Waals surface area contributed by atoms with Crippen LogP contribution in [0, 0.1) is 12.3 Å². The predicted molar refractivity (Wildman–Crippen MR) is 81.7 cm³/mol. The number of aliphatic hydroxyl groups is 1. The molecule has 2 N–H and O–H groups in total. The van der Waals surface area contributed by atoms with E-state index in [2.05, 4.69) is 10.2 Å². The lowest BCUT2D eigenvalue weighted by atomic mass is 9.58. The fraction of sp³-hybridized carbons (Fsp3) is 0.750. The van der Waals surface area contributed by atoms with Gasteiger partial charge in [0, 0.05) is 43.3 Å². The van der Waals surface area contributed by atoms with Crippen molar-refractivity contribution >= 4 is 5.91 Å². The number of carbonyl (C=O) groups excluding carboxylic acids is 1. The highest BCUT2D eigenvalue weighted by atomic mass is 16.5. The highest BCUT2D eigenvalue weighted by Crippen LogP contribution is 2.50. The second-order valence-electron chi connectivity index (χ2n) is 6.53. The smallest absolute Gasteiger partial charge is 0.274 e. The van der Waals surface area contributed by atoms with E-state index in [1.54, 1.807) is 7.11 Å². The van der Waals surface area contributed by atoms with Crippen LogP contribution in [0.2, 0.25) is 0 Å². The van der Waals surface area contributed by atoms with E-state index in [4.69, 9.17) is 4.74 Å². The Bertz CT molecular complexity index is 561. The third-order valence-electron chi connectivity index (χ3n) is 5.67. The number of aromatic amines is 1. The summed E-state index contributed by atoms with van der Waals surface area (Å²) in [5, 5.41) is 17.3. The first kappa shape index (κ1) is 15.5. The van der Waals surface area contributed by atoms with Crippen LogP contribution in [0.1, 0.15) is 47.9 Å². The van der Waals surface area contributed by atoms with Crippen molar-refractivity contribution in [2.45, 2.75) is 51.7 Å². The third kappa shape index (κ3) is 2.16. The summed E-state index contributed by atoms with van der Waals surface area (Å²) < 4.78 is 5.49. The number of H-pyrrole nitrogens is 1. The zero-order chi connectivity index (χ0) is 15.9. The van der Waals surface area contributed by atoms with Crippen LogP contribution in [-0.2, 0) is 11.2 Å². The highest BCUT2D eigenvalue weighted by molar-refractivity contribution is 5.94. The molecule has 2 atom stereocenters. The van der Waals surface area contributed by atoms with Crippen molar-refractivity contribution in [2.24, 2.45) is 5.41 Å². The molecule has 6 nitrogen and oxygen atoms in total. The first-order chi connectivity index (χ1) is 10.5. The number of aliphatic hydroxyl groups excluding tert-OH is 1. The highest BCUT2D eigenvalue weighted by Gasteiger charge is 2.56. The van der Waals surface area contributed by atoms with Gasteiger partial charge in [-0.2, -0.15) is 5.10 Å². The van der Waals surface area contributed by atoms with Gasteiger partial charge < -0.3 is 14.7 Å². The number of aryl methyl sites for hydroxylation is 1. The van der Waals surface area contributed by atoms with Crippen molar-refractivity contribution in [1.29, 1.82) is 0 Å². The van der Waals surface area contributed by atoms with Crippen LogP contribution >= 0.6 is 0 Å². The van der Waals surface area contributed by atoms with Crippen molar-refractivity contribution in [2.75, 3.05) is 20.2 Å². The number of hydrogen-bond acceptors (Lipinski definition) is 4.